The van der Waals surface area contributed by atoms with E-state index in [-0.39, 0.29) is 10.5 Å². The summed E-state index contributed by atoms with van der Waals surface area (Å²) in [5.41, 5.74) is 1.47. The van der Waals surface area contributed by atoms with E-state index in [1.807, 2.05) is 24.3 Å². The van der Waals surface area contributed by atoms with Crippen LogP contribution in [0.1, 0.15) is 11.1 Å². The van der Waals surface area contributed by atoms with Gasteiger partial charge in [-0.05, 0) is 12.1 Å². The van der Waals surface area contributed by atoms with E-state index >= 15 is 0 Å². The average molecular weight is 342 g/mol. The van der Waals surface area contributed by atoms with Crippen LogP contribution in [0.5, 0.6) is 0 Å². The van der Waals surface area contributed by atoms with Gasteiger partial charge in [0.25, 0.3) is 0 Å². The smallest absolute Gasteiger partial charge is 0.244 e. The van der Waals surface area contributed by atoms with Crippen molar-refractivity contribution in [3.8, 4) is 6.07 Å². The van der Waals surface area contributed by atoms with E-state index in [1.54, 1.807) is 18.2 Å². The number of nitrogens with one attached hydrogen (secondary N) is 1. The molecule has 0 spiro atoms. The lowest BCUT2D eigenvalue weighted by Crippen LogP contribution is -3.13. The zero-order valence-electron chi connectivity index (χ0n) is 13.4. The molecule has 1 aliphatic rings. The molecule has 0 radical (unpaired) electrons. The third kappa shape index (κ3) is 3.49. The summed E-state index contributed by atoms with van der Waals surface area (Å²) in [5.74, 6) is 0. The summed E-state index contributed by atoms with van der Waals surface area (Å²) < 4.78 is 27.1. The van der Waals surface area contributed by atoms with Gasteiger partial charge in [-0.15, -0.1) is 0 Å². The number of sulfonamides is 1. The molecule has 24 heavy (non-hydrogen) atoms. The molecule has 1 fully saturated rings. The van der Waals surface area contributed by atoms with Gasteiger partial charge in [-0.3, -0.25) is 0 Å². The molecule has 0 saturated carbocycles. The van der Waals surface area contributed by atoms with Gasteiger partial charge in [0, 0.05) is 5.56 Å². The molecule has 0 aliphatic carbocycles. The van der Waals surface area contributed by atoms with Gasteiger partial charge in [-0.25, -0.2) is 8.42 Å². The summed E-state index contributed by atoms with van der Waals surface area (Å²) in [4.78, 5) is 1.49. The average Bonchev–Trinajstić information content (AvgIpc) is 2.63. The predicted octanol–water partition coefficient (Wildman–Crippen LogP) is 0.648. The summed E-state index contributed by atoms with van der Waals surface area (Å²) in [7, 11) is -3.60. The maximum absolute atomic E-state index is 12.8. The van der Waals surface area contributed by atoms with Gasteiger partial charge in [-0.2, -0.15) is 9.57 Å². The van der Waals surface area contributed by atoms with Crippen LogP contribution in [0.25, 0.3) is 0 Å². The van der Waals surface area contributed by atoms with Crippen LogP contribution >= 0.6 is 0 Å². The van der Waals surface area contributed by atoms with Gasteiger partial charge in [0.2, 0.25) is 10.0 Å². The highest BCUT2D eigenvalue weighted by atomic mass is 32.2. The largest absolute Gasteiger partial charge is 0.329 e. The third-order valence-electron chi connectivity index (χ3n) is 4.35. The first-order valence-corrected chi connectivity index (χ1v) is 9.42. The van der Waals surface area contributed by atoms with E-state index in [4.69, 9.17) is 5.26 Å². The summed E-state index contributed by atoms with van der Waals surface area (Å²) in [6.45, 7) is 3.39. The van der Waals surface area contributed by atoms with Crippen molar-refractivity contribution in [2.75, 3.05) is 26.2 Å². The molecule has 1 heterocycles. The van der Waals surface area contributed by atoms with Gasteiger partial charge in [0.05, 0.1) is 36.6 Å². The molecular formula is C18H20N3O2S+. The van der Waals surface area contributed by atoms with Gasteiger partial charge in [0.1, 0.15) is 12.6 Å². The molecule has 3 rings (SSSR count). The summed E-state index contributed by atoms with van der Waals surface area (Å²) in [6.07, 6.45) is 0. The number of rotatable bonds is 4. The van der Waals surface area contributed by atoms with Crippen molar-refractivity contribution < 1.29 is 13.3 Å². The van der Waals surface area contributed by atoms with E-state index in [0.717, 1.165) is 19.6 Å². The maximum Gasteiger partial charge on any atom is 0.244 e. The number of piperazine rings is 1. The van der Waals surface area contributed by atoms with Crippen molar-refractivity contribution in [2.24, 2.45) is 0 Å². The highest BCUT2D eigenvalue weighted by molar-refractivity contribution is 7.89. The van der Waals surface area contributed by atoms with Crippen molar-refractivity contribution in [1.82, 2.24) is 4.31 Å². The molecule has 6 heteroatoms. The highest BCUT2D eigenvalue weighted by Gasteiger charge is 2.31. The summed E-state index contributed by atoms with van der Waals surface area (Å²) in [5, 5.41) is 9.15. The quantitative estimate of drug-likeness (QED) is 0.887. The van der Waals surface area contributed by atoms with E-state index < -0.39 is 10.0 Å². The van der Waals surface area contributed by atoms with Crippen LogP contribution in [0.15, 0.2) is 59.5 Å². The Kier molecular flexibility index (Phi) is 4.95. The molecule has 1 aliphatic heterocycles. The lowest BCUT2D eigenvalue weighted by Gasteiger charge is -2.31. The second-order valence-corrected chi connectivity index (χ2v) is 7.83. The van der Waals surface area contributed by atoms with Crippen molar-refractivity contribution in [2.45, 2.75) is 11.4 Å². The molecule has 0 amide bonds. The Morgan fingerprint density at radius 2 is 1.62 bits per heavy atom. The van der Waals surface area contributed by atoms with Crippen LogP contribution in [0.3, 0.4) is 0 Å². The van der Waals surface area contributed by atoms with E-state index in [2.05, 4.69) is 12.1 Å². The predicted molar refractivity (Wildman–Crippen MR) is 90.8 cm³/mol. The molecule has 0 atom stereocenters. The van der Waals surface area contributed by atoms with Crippen LogP contribution in [-0.4, -0.2) is 38.9 Å². The standard InChI is InChI=1S/C18H19N3O2S/c19-14-17-8-4-5-9-18(17)24(22,23)21-12-10-20(11-13-21)15-16-6-2-1-3-7-16/h1-9H,10-13,15H2/p+1. The maximum atomic E-state index is 12.8. The van der Waals surface area contributed by atoms with Gasteiger partial charge < -0.3 is 4.90 Å². The summed E-state index contributed by atoms with van der Waals surface area (Å²) >= 11 is 0. The zero-order valence-corrected chi connectivity index (χ0v) is 14.2. The Bertz CT molecular complexity index is 836. The van der Waals surface area contributed by atoms with Crippen molar-refractivity contribution in [3.63, 3.8) is 0 Å². The molecule has 2 aromatic rings. The zero-order chi connectivity index (χ0) is 17.0. The molecule has 1 N–H and O–H groups in total. The first-order chi connectivity index (χ1) is 11.6. The number of hydrogen-bond donors (Lipinski definition) is 1. The first-order valence-electron chi connectivity index (χ1n) is 7.98. The topological polar surface area (TPSA) is 65.6 Å². The SMILES string of the molecule is N#Cc1ccccc1S(=O)(=O)N1CC[NH+](Cc2ccccc2)CC1. The molecule has 2 aromatic carbocycles. The fourth-order valence-corrected chi connectivity index (χ4v) is 4.61. The van der Waals surface area contributed by atoms with Crippen molar-refractivity contribution in [1.29, 1.82) is 5.26 Å². The number of nitrogens with zero attached hydrogens (tertiary/aromatic N) is 2. The number of quaternary nitrogens is 1. The highest BCUT2D eigenvalue weighted by Crippen LogP contribution is 2.19. The molecule has 1 saturated heterocycles. The first kappa shape index (κ1) is 16.7. The minimum atomic E-state index is -3.60. The van der Waals surface area contributed by atoms with Gasteiger partial charge >= 0.3 is 0 Å². The lowest BCUT2D eigenvalue weighted by molar-refractivity contribution is -0.917. The molecular weight excluding hydrogens is 322 g/mol. The van der Waals surface area contributed by atoms with E-state index in [1.165, 1.54) is 20.8 Å². The number of benzene rings is 2. The Hall–Kier alpha value is -2.20. The Balaban J connectivity index is 1.69. The molecule has 5 nitrogen and oxygen atoms in total. The minimum Gasteiger partial charge on any atom is -0.329 e. The second kappa shape index (κ2) is 7.14. The molecule has 0 unspecified atom stereocenters. The third-order valence-corrected chi connectivity index (χ3v) is 6.31. The van der Waals surface area contributed by atoms with Gasteiger partial charge in [0.15, 0.2) is 0 Å². The number of hydrogen-bond acceptors (Lipinski definition) is 3. The molecule has 0 bridgehead atoms. The number of nitriles is 1. The fraction of sp³-hybridized carbons (Fsp3) is 0.278. The monoisotopic (exact) mass is 342 g/mol. The van der Waals surface area contributed by atoms with Gasteiger partial charge in [-0.1, -0.05) is 42.5 Å². The van der Waals surface area contributed by atoms with E-state index in [0.29, 0.717) is 13.1 Å². The van der Waals surface area contributed by atoms with E-state index in [9.17, 15) is 8.42 Å². The molecule has 124 valence electrons. The lowest BCUT2D eigenvalue weighted by atomic mass is 10.2. The molecule has 0 aromatic heterocycles. The Labute approximate surface area is 142 Å². The van der Waals surface area contributed by atoms with Crippen LogP contribution in [0, 0.1) is 11.3 Å². The van der Waals surface area contributed by atoms with Crippen LogP contribution in [0.2, 0.25) is 0 Å². The van der Waals surface area contributed by atoms with Crippen LogP contribution in [-0.2, 0) is 16.6 Å². The van der Waals surface area contributed by atoms with Crippen molar-refractivity contribution in [3.05, 3.63) is 65.7 Å². The van der Waals surface area contributed by atoms with Crippen molar-refractivity contribution >= 4 is 10.0 Å². The fourth-order valence-electron chi connectivity index (χ4n) is 3.03. The normalized spacial score (nSPS) is 16.6. The Morgan fingerprint density at radius 1 is 1.00 bits per heavy atom. The summed E-state index contributed by atoms with van der Waals surface area (Å²) in [6, 6.07) is 18.6. The Morgan fingerprint density at radius 3 is 2.29 bits per heavy atom. The second-order valence-electron chi connectivity index (χ2n) is 5.92. The van der Waals surface area contributed by atoms with Crippen LogP contribution < -0.4 is 4.90 Å². The minimum absolute atomic E-state index is 0.110. The van der Waals surface area contributed by atoms with Crippen LogP contribution in [0.4, 0.5) is 0 Å².